The zero-order chi connectivity index (χ0) is 16.4. The van der Waals surface area contributed by atoms with E-state index in [0.29, 0.717) is 31.6 Å². The number of para-hydroxylation sites is 1. The van der Waals surface area contributed by atoms with Crippen LogP contribution in [-0.2, 0) is 4.79 Å². The topological polar surface area (TPSA) is 70.6 Å². The van der Waals surface area contributed by atoms with E-state index in [2.05, 4.69) is 15.4 Å². The van der Waals surface area contributed by atoms with Crippen molar-refractivity contribution in [3.63, 3.8) is 0 Å². The van der Waals surface area contributed by atoms with Crippen molar-refractivity contribution in [2.75, 3.05) is 19.6 Å². The maximum atomic E-state index is 12.4. The van der Waals surface area contributed by atoms with Crippen LogP contribution in [0.2, 0.25) is 0 Å². The summed E-state index contributed by atoms with van der Waals surface area (Å²) < 4.78 is 29.4. The van der Waals surface area contributed by atoms with Crippen LogP contribution in [0.1, 0.15) is 17.9 Å². The normalized spacial score (nSPS) is 29.6. The van der Waals surface area contributed by atoms with Crippen molar-refractivity contribution in [1.29, 1.82) is 0 Å². The van der Waals surface area contributed by atoms with Gasteiger partial charge < -0.3 is 20.5 Å². The number of benzene rings is 1. The largest absolute Gasteiger partial charge is 0.435 e. The van der Waals surface area contributed by atoms with Crippen molar-refractivity contribution >= 4 is 5.91 Å². The van der Waals surface area contributed by atoms with Gasteiger partial charge in [-0.1, -0.05) is 18.2 Å². The Morgan fingerprint density at radius 1 is 1.39 bits per heavy atom. The quantitative estimate of drug-likeness (QED) is 0.732. The van der Waals surface area contributed by atoms with E-state index >= 15 is 0 Å². The summed E-state index contributed by atoms with van der Waals surface area (Å²) in [5.74, 6) is -0.245. The van der Waals surface area contributed by atoms with Gasteiger partial charge in [0.05, 0.1) is 6.10 Å². The van der Waals surface area contributed by atoms with Gasteiger partial charge in [0.25, 0.3) is 0 Å². The smallest absolute Gasteiger partial charge is 0.387 e. The maximum absolute atomic E-state index is 12.4. The summed E-state index contributed by atoms with van der Waals surface area (Å²) in [6, 6.07) is 6.60. The molecule has 3 N–H and O–H groups in total. The average molecular weight is 326 g/mol. The number of alkyl halides is 2. The number of nitrogens with one attached hydrogen (secondary N) is 2. The third kappa shape index (κ3) is 3.79. The van der Waals surface area contributed by atoms with Crippen molar-refractivity contribution in [3.8, 4) is 5.75 Å². The van der Waals surface area contributed by atoms with Crippen LogP contribution in [-0.4, -0.2) is 43.4 Å². The first kappa shape index (κ1) is 16.1. The van der Waals surface area contributed by atoms with Crippen LogP contribution in [0.25, 0.3) is 0 Å². The number of rotatable bonds is 6. The van der Waals surface area contributed by atoms with Gasteiger partial charge in [-0.25, -0.2) is 0 Å². The molecule has 1 aromatic carbocycles. The molecule has 3 rings (SSSR count). The number of carbonyl (C=O) groups excluding carboxylic acids is 1. The molecule has 1 heterocycles. The molecule has 4 unspecified atom stereocenters. The fraction of sp³-hybridized carbons (Fsp3) is 0.562. The van der Waals surface area contributed by atoms with E-state index in [1.807, 2.05) is 0 Å². The van der Waals surface area contributed by atoms with E-state index in [-0.39, 0.29) is 29.4 Å². The molecule has 1 amide bonds. The van der Waals surface area contributed by atoms with Crippen molar-refractivity contribution in [2.24, 2.45) is 11.8 Å². The van der Waals surface area contributed by atoms with Gasteiger partial charge in [-0.3, -0.25) is 4.79 Å². The number of β-amino-alcohol motifs (C(OH)–C–C–N with tert-alkyl or cyclic N) is 1. The lowest BCUT2D eigenvalue weighted by atomic mass is 10.1. The van der Waals surface area contributed by atoms with Gasteiger partial charge in [-0.05, 0) is 24.0 Å². The van der Waals surface area contributed by atoms with Gasteiger partial charge in [0.1, 0.15) is 5.75 Å². The van der Waals surface area contributed by atoms with Crippen LogP contribution < -0.4 is 15.4 Å². The number of halogens is 2. The first-order chi connectivity index (χ1) is 11.1. The molecule has 2 fully saturated rings. The van der Waals surface area contributed by atoms with Crippen LogP contribution >= 0.6 is 0 Å². The van der Waals surface area contributed by atoms with Crippen LogP contribution in [0.15, 0.2) is 24.3 Å². The van der Waals surface area contributed by atoms with Gasteiger partial charge in [0.15, 0.2) is 0 Å². The molecule has 4 atom stereocenters. The number of ether oxygens (including phenoxy) is 1. The van der Waals surface area contributed by atoms with Crippen molar-refractivity contribution in [1.82, 2.24) is 10.6 Å². The zero-order valence-corrected chi connectivity index (χ0v) is 12.5. The Hall–Kier alpha value is -1.73. The number of hydrogen-bond donors (Lipinski definition) is 3. The highest BCUT2D eigenvalue weighted by Crippen LogP contribution is 2.50. The Bertz CT molecular complexity index is 570. The number of amides is 1. The van der Waals surface area contributed by atoms with E-state index in [0.717, 1.165) is 0 Å². The van der Waals surface area contributed by atoms with Crippen molar-refractivity contribution < 1.29 is 23.4 Å². The second kappa shape index (κ2) is 6.80. The van der Waals surface area contributed by atoms with Crippen molar-refractivity contribution in [3.05, 3.63) is 29.8 Å². The maximum Gasteiger partial charge on any atom is 0.387 e. The first-order valence-corrected chi connectivity index (χ1v) is 7.76. The van der Waals surface area contributed by atoms with E-state index in [9.17, 15) is 18.7 Å². The van der Waals surface area contributed by atoms with Crippen LogP contribution in [0.5, 0.6) is 5.75 Å². The SMILES string of the molecule is O=C(NCC1CNCC1O)C1CC1c1ccccc1OC(F)F. The molecule has 1 aliphatic heterocycles. The molecule has 126 valence electrons. The molecule has 1 aliphatic carbocycles. The summed E-state index contributed by atoms with van der Waals surface area (Å²) >= 11 is 0. The highest BCUT2D eigenvalue weighted by atomic mass is 19.3. The standard InChI is InChI=1S/C16H20F2N2O3/c17-16(18)23-14-4-2-1-3-10(14)11-5-12(11)15(22)20-7-9-6-19-8-13(9)21/h1-4,9,11-13,16,19,21H,5-8H2,(H,20,22). The van der Waals surface area contributed by atoms with E-state index in [1.165, 1.54) is 6.07 Å². The molecule has 2 aliphatic rings. The minimum Gasteiger partial charge on any atom is -0.435 e. The highest BCUT2D eigenvalue weighted by molar-refractivity contribution is 5.83. The lowest BCUT2D eigenvalue weighted by molar-refractivity contribution is -0.122. The summed E-state index contributed by atoms with van der Waals surface area (Å²) in [6.45, 7) is -1.23. The number of hydrogen-bond acceptors (Lipinski definition) is 4. The lowest BCUT2D eigenvalue weighted by Crippen LogP contribution is -2.35. The summed E-state index contributed by atoms with van der Waals surface area (Å²) in [4.78, 5) is 12.2. The third-order valence-corrected chi connectivity index (χ3v) is 4.50. The molecule has 1 saturated heterocycles. The minimum absolute atomic E-state index is 0.0191. The minimum atomic E-state index is -2.88. The molecule has 1 aromatic rings. The molecule has 1 saturated carbocycles. The summed E-state index contributed by atoms with van der Waals surface area (Å²) in [5, 5.41) is 15.6. The second-order valence-electron chi connectivity index (χ2n) is 6.10. The molecular weight excluding hydrogens is 306 g/mol. The van der Waals surface area contributed by atoms with Gasteiger partial charge in [0, 0.05) is 31.5 Å². The lowest BCUT2D eigenvalue weighted by Gasteiger charge is -2.14. The summed E-state index contributed by atoms with van der Waals surface area (Å²) in [7, 11) is 0. The third-order valence-electron chi connectivity index (χ3n) is 4.50. The molecule has 5 nitrogen and oxygen atoms in total. The number of aliphatic hydroxyl groups is 1. The molecule has 7 heteroatoms. The van der Waals surface area contributed by atoms with Gasteiger partial charge in [-0.15, -0.1) is 0 Å². The number of aliphatic hydroxyl groups excluding tert-OH is 1. The molecular formula is C16H20F2N2O3. The molecule has 0 spiro atoms. The molecule has 0 radical (unpaired) electrons. The Labute approximate surface area is 133 Å². The first-order valence-electron chi connectivity index (χ1n) is 7.76. The van der Waals surface area contributed by atoms with Crippen LogP contribution in [0, 0.1) is 11.8 Å². The monoisotopic (exact) mass is 326 g/mol. The fourth-order valence-corrected chi connectivity index (χ4v) is 3.11. The highest BCUT2D eigenvalue weighted by Gasteiger charge is 2.45. The molecule has 23 heavy (non-hydrogen) atoms. The zero-order valence-electron chi connectivity index (χ0n) is 12.5. The second-order valence-corrected chi connectivity index (χ2v) is 6.10. The van der Waals surface area contributed by atoms with E-state index in [4.69, 9.17) is 0 Å². The predicted molar refractivity (Wildman–Crippen MR) is 79.3 cm³/mol. The summed E-state index contributed by atoms with van der Waals surface area (Å²) in [6.07, 6.45) is 0.187. The molecule has 0 bridgehead atoms. The van der Waals surface area contributed by atoms with Crippen molar-refractivity contribution in [2.45, 2.75) is 25.1 Å². The Kier molecular flexibility index (Phi) is 4.77. The Morgan fingerprint density at radius 2 is 2.17 bits per heavy atom. The van der Waals surface area contributed by atoms with E-state index < -0.39 is 12.7 Å². The van der Waals surface area contributed by atoms with Gasteiger partial charge in [-0.2, -0.15) is 8.78 Å². The number of carbonyl (C=O) groups is 1. The molecule has 0 aromatic heterocycles. The van der Waals surface area contributed by atoms with E-state index in [1.54, 1.807) is 18.2 Å². The van der Waals surface area contributed by atoms with Gasteiger partial charge >= 0.3 is 6.61 Å². The van der Waals surface area contributed by atoms with Crippen LogP contribution in [0.3, 0.4) is 0 Å². The predicted octanol–water partition coefficient (Wildman–Crippen LogP) is 1.09. The Morgan fingerprint density at radius 3 is 2.87 bits per heavy atom. The average Bonchev–Trinajstić information content (AvgIpc) is 3.21. The van der Waals surface area contributed by atoms with Gasteiger partial charge in [0.2, 0.25) is 5.91 Å². The Balaban J connectivity index is 1.55. The summed E-state index contributed by atoms with van der Waals surface area (Å²) in [5.41, 5.74) is 0.649. The fourth-order valence-electron chi connectivity index (χ4n) is 3.11. The van der Waals surface area contributed by atoms with Crippen LogP contribution in [0.4, 0.5) is 8.78 Å².